The molecule has 96 valence electrons. The Morgan fingerprint density at radius 1 is 1.00 bits per heavy atom. The van der Waals surface area contributed by atoms with E-state index in [1.165, 1.54) is 5.57 Å². The van der Waals surface area contributed by atoms with Crippen molar-refractivity contribution in [1.29, 1.82) is 0 Å². The van der Waals surface area contributed by atoms with E-state index in [-0.39, 0.29) is 12.8 Å². The Labute approximate surface area is 97.4 Å². The highest BCUT2D eigenvalue weighted by Gasteiger charge is 2.00. The second-order valence-electron chi connectivity index (χ2n) is 3.84. The molecule has 16 heavy (non-hydrogen) atoms. The largest absolute Gasteiger partial charge is 0.481 e. The number of allylic oxidation sites excluding steroid dienone is 1. The summed E-state index contributed by atoms with van der Waals surface area (Å²) in [5.41, 5.74) is 1.17. The fourth-order valence-corrected chi connectivity index (χ4v) is 0.214. The van der Waals surface area contributed by atoms with Crippen molar-refractivity contribution in [3.63, 3.8) is 0 Å². The molecular weight excluding hydrogens is 210 g/mol. The molecular formula is C11H23NO4. The summed E-state index contributed by atoms with van der Waals surface area (Å²) in [6.45, 7) is 7.50. The number of nitrogens with zero attached hydrogens (tertiary/aromatic N) is 1. The van der Waals surface area contributed by atoms with E-state index in [0.717, 1.165) is 0 Å². The third-order valence-corrected chi connectivity index (χ3v) is 0.553. The molecule has 0 rings (SSSR count). The Hall–Kier alpha value is -1.36. The lowest BCUT2D eigenvalue weighted by Crippen LogP contribution is -2.00. The van der Waals surface area contributed by atoms with Crippen LogP contribution in [0.5, 0.6) is 0 Å². The SMILES string of the molecule is C=C(C)C.CN(C)C.O=C(O)CCC(=O)O. The first-order valence-electron chi connectivity index (χ1n) is 4.76. The second-order valence-corrected chi connectivity index (χ2v) is 3.84. The molecule has 0 saturated carbocycles. The zero-order chi connectivity index (χ0) is 13.7. The van der Waals surface area contributed by atoms with Crippen LogP contribution >= 0.6 is 0 Å². The van der Waals surface area contributed by atoms with Crippen LogP contribution in [0.4, 0.5) is 0 Å². The molecule has 0 saturated heterocycles. The monoisotopic (exact) mass is 233 g/mol. The van der Waals surface area contributed by atoms with E-state index >= 15 is 0 Å². The van der Waals surface area contributed by atoms with Gasteiger partial charge in [0, 0.05) is 0 Å². The average molecular weight is 233 g/mol. The van der Waals surface area contributed by atoms with Gasteiger partial charge in [-0.2, -0.15) is 0 Å². The zero-order valence-corrected chi connectivity index (χ0v) is 10.8. The number of hydrogen-bond donors (Lipinski definition) is 2. The minimum absolute atomic E-state index is 0.296. The van der Waals surface area contributed by atoms with E-state index in [2.05, 4.69) is 6.58 Å². The summed E-state index contributed by atoms with van der Waals surface area (Å²) in [6.07, 6.45) is -0.593. The van der Waals surface area contributed by atoms with Crippen LogP contribution in [0, 0.1) is 0 Å². The van der Waals surface area contributed by atoms with Gasteiger partial charge in [-0.25, -0.2) is 0 Å². The molecule has 0 bridgehead atoms. The molecule has 0 aromatic heterocycles. The molecule has 0 radical (unpaired) electrons. The van der Waals surface area contributed by atoms with Gasteiger partial charge in [0.2, 0.25) is 0 Å². The zero-order valence-electron chi connectivity index (χ0n) is 10.8. The van der Waals surface area contributed by atoms with Gasteiger partial charge in [-0.3, -0.25) is 9.59 Å². The van der Waals surface area contributed by atoms with Gasteiger partial charge in [-0.15, -0.1) is 6.58 Å². The Balaban J connectivity index is -0.000000179. The highest BCUT2D eigenvalue weighted by Crippen LogP contribution is 1.86. The molecule has 0 atom stereocenters. The molecule has 0 unspecified atom stereocenters. The minimum atomic E-state index is -1.08. The molecule has 0 aliphatic heterocycles. The maximum atomic E-state index is 9.64. The lowest BCUT2D eigenvalue weighted by Gasteiger charge is -1.90. The van der Waals surface area contributed by atoms with Crippen LogP contribution in [0.15, 0.2) is 12.2 Å². The van der Waals surface area contributed by atoms with Gasteiger partial charge in [0.1, 0.15) is 0 Å². The molecule has 0 aromatic rings. The highest BCUT2D eigenvalue weighted by atomic mass is 16.4. The molecule has 0 spiro atoms. The Kier molecular flexibility index (Phi) is 17.1. The van der Waals surface area contributed by atoms with Gasteiger partial charge in [0.25, 0.3) is 0 Å². The molecule has 0 aromatic carbocycles. The number of carbonyl (C=O) groups is 2. The first kappa shape index (κ1) is 20.1. The minimum Gasteiger partial charge on any atom is -0.481 e. The van der Waals surface area contributed by atoms with Crippen molar-refractivity contribution in [2.24, 2.45) is 0 Å². The van der Waals surface area contributed by atoms with Crippen LogP contribution in [-0.2, 0) is 9.59 Å². The maximum Gasteiger partial charge on any atom is 0.303 e. The summed E-state index contributed by atoms with van der Waals surface area (Å²) < 4.78 is 0. The Morgan fingerprint density at radius 3 is 1.19 bits per heavy atom. The van der Waals surface area contributed by atoms with Gasteiger partial charge >= 0.3 is 11.9 Å². The topological polar surface area (TPSA) is 77.8 Å². The number of aliphatic carboxylic acids is 2. The standard InChI is InChI=1S/C4H6O4.C4H8.C3H9N/c5-3(6)1-2-4(7)8;2*1-4(2)3/h1-2H2,(H,5,6)(H,7,8);1H2,2-3H3;1-3H3. The van der Waals surface area contributed by atoms with E-state index in [0.29, 0.717) is 0 Å². The van der Waals surface area contributed by atoms with Crippen LogP contribution in [0.1, 0.15) is 26.7 Å². The normalized spacial score (nSPS) is 8.12. The number of carboxylic acid groups (broad SMARTS) is 2. The van der Waals surface area contributed by atoms with Crippen molar-refractivity contribution in [3.05, 3.63) is 12.2 Å². The quantitative estimate of drug-likeness (QED) is 0.725. The van der Waals surface area contributed by atoms with E-state index in [9.17, 15) is 9.59 Å². The summed E-state index contributed by atoms with van der Waals surface area (Å²) in [4.78, 5) is 21.3. The second kappa shape index (κ2) is 13.6. The summed E-state index contributed by atoms with van der Waals surface area (Å²) in [6, 6.07) is 0. The first-order valence-corrected chi connectivity index (χ1v) is 4.76. The predicted octanol–water partition coefficient (Wildman–Crippen LogP) is 1.70. The van der Waals surface area contributed by atoms with Crippen LogP contribution in [0.25, 0.3) is 0 Å². The van der Waals surface area contributed by atoms with Crippen molar-refractivity contribution in [1.82, 2.24) is 4.90 Å². The molecule has 0 heterocycles. The molecule has 2 N–H and O–H groups in total. The third kappa shape index (κ3) is 129. The summed E-state index contributed by atoms with van der Waals surface area (Å²) >= 11 is 0. The molecule has 0 aliphatic carbocycles. The fourth-order valence-electron chi connectivity index (χ4n) is 0.214. The average Bonchev–Trinajstić information content (AvgIpc) is 1.98. The number of carboxylic acids is 2. The van der Waals surface area contributed by atoms with E-state index in [1.54, 1.807) is 0 Å². The van der Waals surface area contributed by atoms with Gasteiger partial charge in [-0.05, 0) is 35.0 Å². The van der Waals surface area contributed by atoms with Crippen LogP contribution in [0.3, 0.4) is 0 Å². The Bertz CT molecular complexity index is 191. The van der Waals surface area contributed by atoms with Crippen molar-refractivity contribution >= 4 is 11.9 Å². The van der Waals surface area contributed by atoms with Crippen molar-refractivity contribution in [2.45, 2.75) is 26.7 Å². The Morgan fingerprint density at radius 2 is 1.12 bits per heavy atom. The number of rotatable bonds is 3. The lowest BCUT2D eigenvalue weighted by atomic mass is 10.3. The van der Waals surface area contributed by atoms with Crippen LogP contribution in [0.2, 0.25) is 0 Å². The van der Waals surface area contributed by atoms with Crippen molar-refractivity contribution < 1.29 is 19.8 Å². The molecule has 0 fully saturated rings. The summed E-state index contributed by atoms with van der Waals surface area (Å²) in [5.74, 6) is -2.15. The molecule has 0 aliphatic rings. The van der Waals surface area contributed by atoms with Crippen molar-refractivity contribution in [3.8, 4) is 0 Å². The molecule has 0 amide bonds. The predicted molar refractivity (Wildman–Crippen MR) is 64.6 cm³/mol. The highest BCUT2D eigenvalue weighted by molar-refractivity contribution is 5.75. The van der Waals surface area contributed by atoms with Crippen molar-refractivity contribution in [2.75, 3.05) is 21.1 Å². The summed E-state index contributed by atoms with van der Waals surface area (Å²) in [7, 11) is 6.00. The molecule has 5 heteroatoms. The smallest absolute Gasteiger partial charge is 0.303 e. The lowest BCUT2D eigenvalue weighted by molar-refractivity contribution is -0.143. The summed E-state index contributed by atoms with van der Waals surface area (Å²) in [5, 5.41) is 15.8. The van der Waals surface area contributed by atoms with Gasteiger partial charge in [0.05, 0.1) is 12.8 Å². The fraction of sp³-hybridized carbons (Fsp3) is 0.636. The van der Waals surface area contributed by atoms with Gasteiger partial charge < -0.3 is 15.1 Å². The number of hydrogen-bond acceptors (Lipinski definition) is 3. The van der Waals surface area contributed by atoms with E-state index in [1.807, 2.05) is 39.9 Å². The van der Waals surface area contributed by atoms with E-state index < -0.39 is 11.9 Å². The third-order valence-electron chi connectivity index (χ3n) is 0.553. The van der Waals surface area contributed by atoms with Crippen LogP contribution in [-0.4, -0.2) is 48.2 Å². The molecule has 5 nitrogen and oxygen atoms in total. The van der Waals surface area contributed by atoms with E-state index in [4.69, 9.17) is 10.2 Å². The van der Waals surface area contributed by atoms with Crippen LogP contribution < -0.4 is 0 Å². The van der Waals surface area contributed by atoms with Gasteiger partial charge in [0.15, 0.2) is 0 Å². The maximum absolute atomic E-state index is 9.64. The van der Waals surface area contributed by atoms with Gasteiger partial charge in [-0.1, -0.05) is 5.57 Å². The first-order chi connectivity index (χ1) is 7.09.